The second-order valence-electron chi connectivity index (χ2n) is 7.30. The van der Waals surface area contributed by atoms with Crippen LogP contribution in [-0.2, 0) is 23.6 Å². The molecule has 0 aliphatic rings. The first-order chi connectivity index (χ1) is 14.6. The normalized spacial score (nSPS) is 11.5. The number of hydrogen-bond acceptors (Lipinski definition) is 4. The number of aryl methyl sites for hydroxylation is 1. The highest BCUT2D eigenvalue weighted by Gasteiger charge is 2.22. The molecule has 0 radical (unpaired) electrons. The number of sulfonamides is 1. The number of nitrogens with zero attached hydrogens (tertiary/aromatic N) is 3. The zero-order valence-electron chi connectivity index (χ0n) is 17.2. The third-order valence-electron chi connectivity index (χ3n) is 4.58. The highest BCUT2D eigenvalue weighted by Crippen LogP contribution is 2.27. The van der Waals surface area contributed by atoms with E-state index in [0.29, 0.717) is 6.54 Å². The van der Waals surface area contributed by atoms with E-state index in [1.807, 2.05) is 20.0 Å². The minimum Gasteiger partial charge on any atom is -0.332 e. The molecule has 164 valence electrons. The minimum absolute atomic E-state index is 0.0573. The third-order valence-corrected chi connectivity index (χ3v) is 6.29. The molecule has 0 saturated carbocycles. The van der Waals surface area contributed by atoms with E-state index in [9.17, 15) is 17.6 Å². The van der Waals surface area contributed by atoms with E-state index in [1.165, 1.54) is 12.1 Å². The Morgan fingerprint density at radius 1 is 1.23 bits per heavy atom. The zero-order chi connectivity index (χ0) is 22.8. The first-order valence-corrected chi connectivity index (χ1v) is 11.3. The molecular formula is C21H22ClFN4O3S. The van der Waals surface area contributed by atoms with Crippen LogP contribution < -0.4 is 4.72 Å². The molecule has 0 fully saturated rings. The molecule has 0 bridgehead atoms. The van der Waals surface area contributed by atoms with Gasteiger partial charge < -0.3 is 4.90 Å². The van der Waals surface area contributed by atoms with Gasteiger partial charge in [-0.2, -0.15) is 5.10 Å². The van der Waals surface area contributed by atoms with Gasteiger partial charge in [-0.15, -0.1) is 0 Å². The first-order valence-electron chi connectivity index (χ1n) is 9.43. The molecule has 3 rings (SSSR count). The van der Waals surface area contributed by atoms with Crippen LogP contribution in [-0.4, -0.2) is 35.0 Å². The van der Waals surface area contributed by atoms with Crippen molar-refractivity contribution in [3.05, 3.63) is 76.8 Å². The molecular weight excluding hydrogens is 443 g/mol. The van der Waals surface area contributed by atoms with Gasteiger partial charge in [0.2, 0.25) is 0 Å². The van der Waals surface area contributed by atoms with Gasteiger partial charge in [0.05, 0.1) is 21.8 Å². The lowest BCUT2D eigenvalue weighted by Crippen LogP contribution is -2.36. The van der Waals surface area contributed by atoms with E-state index in [0.717, 1.165) is 29.8 Å². The summed E-state index contributed by atoms with van der Waals surface area (Å²) in [5.74, 6) is -0.829. The fraction of sp³-hybridized carbons (Fsp3) is 0.238. The topological polar surface area (TPSA) is 84.3 Å². The maximum Gasteiger partial charge on any atom is 0.261 e. The van der Waals surface area contributed by atoms with Crippen LogP contribution in [0.15, 0.2) is 59.8 Å². The Morgan fingerprint density at radius 3 is 2.48 bits per heavy atom. The summed E-state index contributed by atoms with van der Waals surface area (Å²) < 4.78 is 42.4. The molecule has 1 N–H and O–H groups in total. The van der Waals surface area contributed by atoms with Crippen molar-refractivity contribution in [1.29, 1.82) is 0 Å². The minimum atomic E-state index is -4.01. The number of nitrogens with one attached hydrogen (secondary N) is 1. The standard InChI is InChI=1S/C21H22ClFN4O3S/c1-14(2)27(13-15-11-24-26(3)12-15)21(28)16-4-9-19(22)20(10-16)25-31(29,30)18-7-5-17(23)6-8-18/h4-12,14,25H,13H2,1-3H3. The van der Waals surface area contributed by atoms with E-state index in [-0.39, 0.29) is 33.1 Å². The lowest BCUT2D eigenvalue weighted by atomic mass is 10.1. The summed E-state index contributed by atoms with van der Waals surface area (Å²) in [4.78, 5) is 14.7. The quantitative estimate of drug-likeness (QED) is 0.571. The molecule has 0 spiro atoms. The van der Waals surface area contributed by atoms with Crippen LogP contribution in [0.1, 0.15) is 29.8 Å². The van der Waals surface area contributed by atoms with Crippen molar-refractivity contribution >= 4 is 33.2 Å². The van der Waals surface area contributed by atoms with Gasteiger partial charge in [-0.25, -0.2) is 12.8 Å². The van der Waals surface area contributed by atoms with Crippen LogP contribution in [0, 0.1) is 5.82 Å². The van der Waals surface area contributed by atoms with Crippen LogP contribution >= 0.6 is 11.6 Å². The van der Waals surface area contributed by atoms with E-state index in [1.54, 1.807) is 28.9 Å². The summed E-state index contributed by atoms with van der Waals surface area (Å²) in [5, 5.41) is 4.25. The van der Waals surface area contributed by atoms with Gasteiger partial charge in [0.15, 0.2) is 0 Å². The molecule has 2 aromatic carbocycles. The van der Waals surface area contributed by atoms with Gasteiger partial charge in [0.25, 0.3) is 15.9 Å². The largest absolute Gasteiger partial charge is 0.332 e. The van der Waals surface area contributed by atoms with E-state index in [2.05, 4.69) is 9.82 Å². The number of anilines is 1. The molecule has 1 heterocycles. The molecule has 0 aliphatic carbocycles. The Balaban J connectivity index is 1.88. The molecule has 1 aromatic heterocycles. The van der Waals surface area contributed by atoms with Gasteiger partial charge in [-0.05, 0) is 56.3 Å². The van der Waals surface area contributed by atoms with Crippen LogP contribution in [0.25, 0.3) is 0 Å². The Kier molecular flexibility index (Phi) is 6.66. The third kappa shape index (κ3) is 5.42. The van der Waals surface area contributed by atoms with E-state index in [4.69, 9.17) is 11.6 Å². The van der Waals surface area contributed by atoms with Crippen molar-refractivity contribution in [3.8, 4) is 0 Å². The van der Waals surface area contributed by atoms with Gasteiger partial charge in [0.1, 0.15) is 5.82 Å². The number of rotatable bonds is 7. The Labute approximate surface area is 185 Å². The van der Waals surface area contributed by atoms with Crippen molar-refractivity contribution in [2.75, 3.05) is 4.72 Å². The maximum atomic E-state index is 13.2. The summed E-state index contributed by atoms with van der Waals surface area (Å²) in [6.45, 7) is 4.13. The molecule has 0 aliphatic heterocycles. The number of benzene rings is 2. The maximum absolute atomic E-state index is 13.2. The molecule has 31 heavy (non-hydrogen) atoms. The van der Waals surface area contributed by atoms with Gasteiger partial charge in [0, 0.05) is 37.0 Å². The van der Waals surface area contributed by atoms with Gasteiger partial charge in [-0.1, -0.05) is 11.6 Å². The predicted octanol–water partition coefficient (Wildman–Crippen LogP) is 4.06. The SMILES string of the molecule is CC(C)N(Cc1cnn(C)c1)C(=O)c1ccc(Cl)c(NS(=O)(=O)c2ccc(F)cc2)c1. The lowest BCUT2D eigenvalue weighted by molar-refractivity contribution is 0.0690. The molecule has 0 atom stereocenters. The first kappa shape index (κ1) is 22.8. The van der Waals surface area contributed by atoms with Crippen molar-refractivity contribution < 1.29 is 17.6 Å². The number of aromatic nitrogens is 2. The monoisotopic (exact) mass is 464 g/mol. The second-order valence-corrected chi connectivity index (χ2v) is 9.39. The van der Waals surface area contributed by atoms with Crippen LogP contribution in [0.5, 0.6) is 0 Å². The summed E-state index contributed by atoms with van der Waals surface area (Å²) in [5.41, 5.74) is 1.21. The summed E-state index contributed by atoms with van der Waals surface area (Å²) >= 11 is 6.17. The Morgan fingerprint density at radius 2 is 1.90 bits per heavy atom. The Bertz CT molecular complexity index is 1190. The van der Waals surface area contributed by atoms with E-state index < -0.39 is 15.8 Å². The number of carbonyl (C=O) groups is 1. The zero-order valence-corrected chi connectivity index (χ0v) is 18.8. The molecule has 7 nitrogen and oxygen atoms in total. The van der Waals surface area contributed by atoms with Crippen LogP contribution in [0.3, 0.4) is 0 Å². The van der Waals surface area contributed by atoms with Crippen molar-refractivity contribution in [3.63, 3.8) is 0 Å². The highest BCUT2D eigenvalue weighted by molar-refractivity contribution is 7.92. The summed E-state index contributed by atoms with van der Waals surface area (Å²) in [7, 11) is -2.22. The van der Waals surface area contributed by atoms with Crippen molar-refractivity contribution in [2.45, 2.75) is 31.3 Å². The molecule has 10 heteroatoms. The molecule has 0 saturated heterocycles. The number of hydrogen-bond donors (Lipinski definition) is 1. The highest BCUT2D eigenvalue weighted by atomic mass is 35.5. The van der Waals surface area contributed by atoms with Crippen LogP contribution in [0.4, 0.5) is 10.1 Å². The predicted molar refractivity (Wildman–Crippen MR) is 117 cm³/mol. The van der Waals surface area contributed by atoms with Crippen molar-refractivity contribution in [1.82, 2.24) is 14.7 Å². The lowest BCUT2D eigenvalue weighted by Gasteiger charge is -2.26. The number of amides is 1. The van der Waals surface area contributed by atoms with Gasteiger partial charge >= 0.3 is 0 Å². The smallest absolute Gasteiger partial charge is 0.261 e. The number of halogens is 2. The van der Waals surface area contributed by atoms with E-state index >= 15 is 0 Å². The average Bonchev–Trinajstić information content (AvgIpc) is 3.12. The van der Waals surface area contributed by atoms with Crippen molar-refractivity contribution in [2.24, 2.45) is 7.05 Å². The molecule has 1 amide bonds. The fourth-order valence-electron chi connectivity index (χ4n) is 2.96. The van der Waals surface area contributed by atoms with Crippen LogP contribution in [0.2, 0.25) is 5.02 Å². The number of carbonyl (C=O) groups excluding carboxylic acids is 1. The average molecular weight is 465 g/mol. The molecule has 0 unspecified atom stereocenters. The summed E-state index contributed by atoms with van der Waals surface area (Å²) in [6.07, 6.45) is 3.51. The molecule has 3 aromatic rings. The Hall–Kier alpha value is -2.91. The van der Waals surface area contributed by atoms with Gasteiger partial charge in [-0.3, -0.25) is 14.2 Å². The second kappa shape index (κ2) is 9.07. The summed E-state index contributed by atoms with van der Waals surface area (Å²) in [6, 6.07) is 8.68. The fourth-order valence-corrected chi connectivity index (χ4v) is 4.25.